The van der Waals surface area contributed by atoms with Crippen LogP contribution in [0.5, 0.6) is 11.5 Å². The minimum atomic E-state index is -0.198. The first-order valence-corrected chi connectivity index (χ1v) is 8.78. The lowest BCUT2D eigenvalue weighted by Crippen LogP contribution is -2.28. The first-order valence-electron chi connectivity index (χ1n) is 8.78. The average Bonchev–Trinajstić information content (AvgIpc) is 3.15. The molecule has 0 aliphatic rings. The van der Waals surface area contributed by atoms with E-state index in [1.54, 1.807) is 41.4 Å². The van der Waals surface area contributed by atoms with Crippen molar-refractivity contribution in [2.45, 2.75) is 26.8 Å². The van der Waals surface area contributed by atoms with Gasteiger partial charge >= 0.3 is 0 Å². The number of aromatic nitrogens is 2. The standard InChI is InChI=1S/C20H25N3O4/c1-5-21-20(25)13-27-18-9-7-15(10-19(18)26-4)6-8-17(24)16-11-22-23(12-16)14(2)3/h6-12,14H,5,13H2,1-4H3,(H,21,25)/b8-6+. The van der Waals surface area contributed by atoms with Gasteiger partial charge in [0.2, 0.25) is 0 Å². The second-order valence-electron chi connectivity index (χ2n) is 6.15. The van der Waals surface area contributed by atoms with Crippen molar-refractivity contribution < 1.29 is 19.1 Å². The number of allylic oxidation sites excluding steroid dienone is 1. The fraction of sp³-hybridized carbons (Fsp3) is 0.350. The van der Waals surface area contributed by atoms with E-state index in [-0.39, 0.29) is 24.3 Å². The topological polar surface area (TPSA) is 82.5 Å². The molecule has 0 atom stereocenters. The summed E-state index contributed by atoms with van der Waals surface area (Å²) in [5.41, 5.74) is 1.32. The molecule has 0 saturated carbocycles. The van der Waals surface area contributed by atoms with Gasteiger partial charge in [0.25, 0.3) is 5.91 Å². The number of nitrogens with zero attached hydrogens (tertiary/aromatic N) is 2. The Kier molecular flexibility index (Phi) is 7.16. The highest BCUT2D eigenvalue weighted by atomic mass is 16.5. The van der Waals surface area contributed by atoms with E-state index in [1.807, 2.05) is 20.8 Å². The maximum absolute atomic E-state index is 12.3. The molecule has 0 spiro atoms. The number of carbonyl (C=O) groups excluding carboxylic acids is 2. The molecule has 0 bridgehead atoms. The number of hydrogen-bond donors (Lipinski definition) is 1. The molecule has 0 aliphatic carbocycles. The molecule has 1 aromatic carbocycles. The molecule has 7 heteroatoms. The lowest BCUT2D eigenvalue weighted by Gasteiger charge is -2.11. The van der Waals surface area contributed by atoms with Gasteiger partial charge in [-0.25, -0.2) is 0 Å². The van der Waals surface area contributed by atoms with Crippen LogP contribution < -0.4 is 14.8 Å². The quantitative estimate of drug-likeness (QED) is 0.541. The van der Waals surface area contributed by atoms with Gasteiger partial charge in [0.1, 0.15) is 0 Å². The van der Waals surface area contributed by atoms with Gasteiger partial charge in [0.05, 0.1) is 18.9 Å². The molecule has 1 amide bonds. The minimum absolute atomic E-state index is 0.0856. The van der Waals surface area contributed by atoms with Crippen LogP contribution in [-0.2, 0) is 4.79 Å². The molecule has 144 valence electrons. The average molecular weight is 371 g/mol. The summed E-state index contributed by atoms with van der Waals surface area (Å²) < 4.78 is 12.5. The summed E-state index contributed by atoms with van der Waals surface area (Å²) in [6.45, 7) is 6.30. The van der Waals surface area contributed by atoms with Crippen LogP contribution in [0.2, 0.25) is 0 Å². The second-order valence-corrected chi connectivity index (χ2v) is 6.15. The Morgan fingerprint density at radius 2 is 2.07 bits per heavy atom. The van der Waals surface area contributed by atoms with Crippen molar-refractivity contribution in [3.8, 4) is 11.5 Å². The molecule has 1 heterocycles. The number of carbonyl (C=O) groups is 2. The van der Waals surface area contributed by atoms with Gasteiger partial charge < -0.3 is 14.8 Å². The number of rotatable bonds is 9. The van der Waals surface area contributed by atoms with E-state index in [0.717, 1.165) is 5.56 Å². The van der Waals surface area contributed by atoms with Gasteiger partial charge in [-0.05, 0) is 44.5 Å². The lowest BCUT2D eigenvalue weighted by atomic mass is 10.1. The molecular weight excluding hydrogens is 346 g/mol. The number of amides is 1. The highest BCUT2D eigenvalue weighted by Crippen LogP contribution is 2.28. The summed E-state index contributed by atoms with van der Waals surface area (Å²) in [6.07, 6.45) is 6.48. The third-order valence-electron chi connectivity index (χ3n) is 3.76. The maximum Gasteiger partial charge on any atom is 0.257 e. The SMILES string of the molecule is CCNC(=O)COc1ccc(/C=C/C(=O)c2cnn(C(C)C)c2)cc1OC. The Balaban J connectivity index is 2.06. The van der Waals surface area contributed by atoms with Gasteiger partial charge in [0, 0.05) is 18.8 Å². The summed E-state index contributed by atoms with van der Waals surface area (Å²) >= 11 is 0. The molecule has 2 rings (SSSR count). The first-order chi connectivity index (χ1) is 12.9. The Morgan fingerprint density at radius 1 is 1.30 bits per heavy atom. The predicted octanol–water partition coefficient (Wildman–Crippen LogP) is 2.88. The number of ketones is 1. The molecule has 7 nitrogen and oxygen atoms in total. The zero-order chi connectivity index (χ0) is 19.8. The van der Waals surface area contributed by atoms with Crippen molar-refractivity contribution in [2.75, 3.05) is 20.3 Å². The van der Waals surface area contributed by atoms with Crippen molar-refractivity contribution in [2.24, 2.45) is 0 Å². The molecule has 1 aromatic heterocycles. The summed E-state index contributed by atoms with van der Waals surface area (Å²) in [5, 5.41) is 6.83. The number of ether oxygens (including phenoxy) is 2. The molecular formula is C20H25N3O4. The van der Waals surface area contributed by atoms with E-state index < -0.39 is 0 Å². The molecule has 1 N–H and O–H groups in total. The van der Waals surface area contributed by atoms with Gasteiger partial charge in [-0.3, -0.25) is 14.3 Å². The van der Waals surface area contributed by atoms with E-state index >= 15 is 0 Å². The molecule has 0 unspecified atom stereocenters. The lowest BCUT2D eigenvalue weighted by molar-refractivity contribution is -0.123. The molecule has 0 saturated heterocycles. The van der Waals surface area contributed by atoms with Gasteiger partial charge in [-0.2, -0.15) is 5.10 Å². The van der Waals surface area contributed by atoms with Crippen LogP contribution in [0.4, 0.5) is 0 Å². The van der Waals surface area contributed by atoms with E-state index in [4.69, 9.17) is 9.47 Å². The summed E-state index contributed by atoms with van der Waals surface area (Å²) in [4.78, 5) is 23.8. The fourth-order valence-electron chi connectivity index (χ4n) is 2.31. The molecule has 0 fully saturated rings. The van der Waals surface area contributed by atoms with E-state index in [9.17, 15) is 9.59 Å². The molecule has 27 heavy (non-hydrogen) atoms. The fourth-order valence-corrected chi connectivity index (χ4v) is 2.31. The number of hydrogen-bond acceptors (Lipinski definition) is 5. The smallest absolute Gasteiger partial charge is 0.257 e. The van der Waals surface area contributed by atoms with Crippen LogP contribution in [0.25, 0.3) is 6.08 Å². The van der Waals surface area contributed by atoms with Crippen LogP contribution in [0.3, 0.4) is 0 Å². The number of likely N-dealkylation sites (N-methyl/N-ethyl adjacent to an activating group) is 1. The normalized spacial score (nSPS) is 11.0. The zero-order valence-electron chi connectivity index (χ0n) is 16.1. The Labute approximate surface area is 159 Å². The van der Waals surface area contributed by atoms with E-state index in [0.29, 0.717) is 23.6 Å². The maximum atomic E-state index is 12.3. The molecule has 2 aromatic rings. The van der Waals surface area contributed by atoms with Crippen molar-refractivity contribution in [1.82, 2.24) is 15.1 Å². The third-order valence-corrected chi connectivity index (χ3v) is 3.76. The van der Waals surface area contributed by atoms with Crippen LogP contribution in [-0.4, -0.2) is 41.7 Å². The van der Waals surface area contributed by atoms with Gasteiger partial charge in [-0.15, -0.1) is 0 Å². The summed E-state index contributed by atoms with van der Waals surface area (Å²) in [5.74, 6) is 0.625. The van der Waals surface area contributed by atoms with Crippen molar-refractivity contribution >= 4 is 17.8 Å². The number of nitrogens with one attached hydrogen (secondary N) is 1. The highest BCUT2D eigenvalue weighted by Gasteiger charge is 2.09. The van der Waals surface area contributed by atoms with Gasteiger partial charge in [0.15, 0.2) is 23.9 Å². The van der Waals surface area contributed by atoms with Crippen molar-refractivity contribution in [1.29, 1.82) is 0 Å². The van der Waals surface area contributed by atoms with Crippen molar-refractivity contribution in [3.63, 3.8) is 0 Å². The minimum Gasteiger partial charge on any atom is -0.493 e. The Hall–Kier alpha value is -3.09. The summed E-state index contributed by atoms with van der Waals surface area (Å²) in [7, 11) is 1.52. The zero-order valence-corrected chi connectivity index (χ0v) is 16.1. The van der Waals surface area contributed by atoms with Crippen molar-refractivity contribution in [3.05, 3.63) is 47.8 Å². The van der Waals surface area contributed by atoms with E-state index in [1.165, 1.54) is 13.2 Å². The largest absolute Gasteiger partial charge is 0.493 e. The van der Waals surface area contributed by atoms with Gasteiger partial charge in [-0.1, -0.05) is 12.1 Å². The monoisotopic (exact) mass is 371 g/mol. The Bertz CT molecular complexity index is 824. The third kappa shape index (κ3) is 5.70. The number of benzene rings is 1. The predicted molar refractivity (Wildman–Crippen MR) is 103 cm³/mol. The second kappa shape index (κ2) is 9.56. The van der Waals surface area contributed by atoms with Crippen LogP contribution in [0.15, 0.2) is 36.7 Å². The molecule has 0 radical (unpaired) electrons. The van der Waals surface area contributed by atoms with Crippen LogP contribution in [0, 0.1) is 0 Å². The Morgan fingerprint density at radius 3 is 2.70 bits per heavy atom. The van der Waals surface area contributed by atoms with E-state index in [2.05, 4.69) is 10.4 Å². The summed E-state index contributed by atoms with van der Waals surface area (Å²) in [6, 6.07) is 5.44. The highest BCUT2D eigenvalue weighted by molar-refractivity contribution is 6.06. The first kappa shape index (κ1) is 20.2. The number of methoxy groups -OCH3 is 1. The molecule has 0 aliphatic heterocycles. The van der Waals surface area contributed by atoms with Crippen LogP contribution in [0.1, 0.15) is 42.7 Å². The van der Waals surface area contributed by atoms with Crippen LogP contribution >= 0.6 is 0 Å².